The van der Waals surface area contributed by atoms with Gasteiger partial charge in [0.15, 0.2) is 5.96 Å². The van der Waals surface area contributed by atoms with Crippen molar-refractivity contribution in [2.45, 2.75) is 30.3 Å². The lowest BCUT2D eigenvalue weighted by molar-refractivity contribution is 0.249. The Balaban J connectivity index is 1.56. The summed E-state index contributed by atoms with van der Waals surface area (Å²) >= 11 is 1.79. The van der Waals surface area contributed by atoms with Crippen LogP contribution >= 0.6 is 11.3 Å². The summed E-state index contributed by atoms with van der Waals surface area (Å²) in [5.74, 6) is 0.719. The van der Waals surface area contributed by atoms with E-state index < -0.39 is 10.0 Å². The molecule has 1 aliphatic heterocycles. The molecule has 1 atom stereocenters. The number of nitrogens with two attached hydrogens (primary N) is 1. The van der Waals surface area contributed by atoms with Crippen LogP contribution in [0.3, 0.4) is 0 Å². The Hall–Kier alpha value is -1.94. The maximum absolute atomic E-state index is 11.3. The maximum atomic E-state index is 11.3. The number of thiophene rings is 1. The van der Waals surface area contributed by atoms with Crippen molar-refractivity contribution in [2.75, 3.05) is 26.7 Å². The first kappa shape index (κ1) is 20.8. The Kier molecular flexibility index (Phi) is 7.06. The van der Waals surface area contributed by atoms with Crippen molar-refractivity contribution in [1.82, 2.24) is 15.5 Å². The molecule has 1 saturated heterocycles. The molecule has 1 unspecified atom stereocenters. The molecule has 2 heterocycles. The predicted molar refractivity (Wildman–Crippen MR) is 114 cm³/mol. The number of nitrogens with zero attached hydrogens (tertiary/aromatic N) is 2. The summed E-state index contributed by atoms with van der Waals surface area (Å²) in [6.07, 6.45) is 2.51. The smallest absolute Gasteiger partial charge is 0.238 e. The number of likely N-dealkylation sites (tertiary alicyclic amines) is 1. The minimum atomic E-state index is -3.66. The van der Waals surface area contributed by atoms with Crippen LogP contribution in [-0.2, 0) is 16.6 Å². The first-order valence-electron chi connectivity index (χ1n) is 9.31. The van der Waals surface area contributed by atoms with Crippen LogP contribution in [0.5, 0.6) is 0 Å². The summed E-state index contributed by atoms with van der Waals surface area (Å²) in [7, 11) is -1.92. The van der Waals surface area contributed by atoms with Crippen molar-refractivity contribution in [3.05, 3.63) is 52.2 Å². The van der Waals surface area contributed by atoms with Gasteiger partial charge in [-0.15, -0.1) is 11.3 Å². The fraction of sp³-hybridized carbons (Fsp3) is 0.421. The minimum Gasteiger partial charge on any atom is -0.354 e. The van der Waals surface area contributed by atoms with Crippen LogP contribution in [0.15, 0.2) is 51.7 Å². The van der Waals surface area contributed by atoms with E-state index in [0.29, 0.717) is 12.6 Å². The molecule has 152 valence electrons. The summed E-state index contributed by atoms with van der Waals surface area (Å²) in [6.45, 7) is 3.59. The van der Waals surface area contributed by atoms with E-state index in [9.17, 15) is 8.42 Å². The first-order valence-corrected chi connectivity index (χ1v) is 11.7. The van der Waals surface area contributed by atoms with E-state index >= 15 is 0 Å². The van der Waals surface area contributed by atoms with Gasteiger partial charge in [0.25, 0.3) is 0 Å². The highest BCUT2D eigenvalue weighted by atomic mass is 32.2. The van der Waals surface area contributed by atoms with Crippen LogP contribution in [0.4, 0.5) is 0 Å². The fourth-order valence-electron chi connectivity index (χ4n) is 3.34. The molecule has 1 fully saturated rings. The van der Waals surface area contributed by atoms with Gasteiger partial charge in [-0.2, -0.15) is 0 Å². The highest BCUT2D eigenvalue weighted by molar-refractivity contribution is 7.89. The van der Waals surface area contributed by atoms with Crippen LogP contribution in [0.1, 0.15) is 29.3 Å². The van der Waals surface area contributed by atoms with Crippen molar-refractivity contribution in [1.29, 1.82) is 0 Å². The average Bonchev–Trinajstić information content (AvgIpc) is 3.38. The van der Waals surface area contributed by atoms with E-state index in [0.717, 1.165) is 31.2 Å². The molecule has 0 spiro atoms. The first-order chi connectivity index (χ1) is 13.5. The van der Waals surface area contributed by atoms with Crippen molar-refractivity contribution in [3.63, 3.8) is 0 Å². The molecule has 0 saturated carbocycles. The fourth-order valence-corrected chi connectivity index (χ4v) is 4.72. The predicted octanol–water partition coefficient (Wildman–Crippen LogP) is 1.90. The molecule has 1 aliphatic rings. The molecule has 0 radical (unpaired) electrons. The van der Waals surface area contributed by atoms with Gasteiger partial charge in [-0.3, -0.25) is 9.89 Å². The molecule has 0 aliphatic carbocycles. The molecule has 3 rings (SSSR count). The van der Waals surface area contributed by atoms with Gasteiger partial charge >= 0.3 is 0 Å². The second-order valence-electron chi connectivity index (χ2n) is 6.77. The van der Waals surface area contributed by atoms with E-state index in [1.807, 2.05) is 0 Å². The second-order valence-corrected chi connectivity index (χ2v) is 9.31. The number of primary sulfonamides is 1. The monoisotopic (exact) mass is 421 g/mol. The molecule has 0 amide bonds. The Morgan fingerprint density at radius 3 is 2.50 bits per heavy atom. The minimum absolute atomic E-state index is 0.114. The van der Waals surface area contributed by atoms with Gasteiger partial charge in [-0.1, -0.05) is 18.2 Å². The molecular weight excluding hydrogens is 394 g/mol. The number of nitrogens with one attached hydrogen (secondary N) is 2. The van der Waals surface area contributed by atoms with E-state index in [-0.39, 0.29) is 4.90 Å². The maximum Gasteiger partial charge on any atom is 0.238 e. The second kappa shape index (κ2) is 9.51. The number of guanidine groups is 1. The molecule has 1 aromatic carbocycles. The number of hydrogen-bond acceptors (Lipinski definition) is 5. The van der Waals surface area contributed by atoms with Gasteiger partial charge in [0.05, 0.1) is 10.9 Å². The molecule has 9 heteroatoms. The van der Waals surface area contributed by atoms with Gasteiger partial charge in [0, 0.05) is 25.0 Å². The number of hydrogen-bond donors (Lipinski definition) is 3. The molecule has 0 bridgehead atoms. The quantitative estimate of drug-likeness (QED) is 0.468. The highest BCUT2D eigenvalue weighted by Crippen LogP contribution is 2.27. The van der Waals surface area contributed by atoms with Gasteiger partial charge in [0.2, 0.25) is 10.0 Å². The number of aliphatic imine (C=N–C) groups is 1. The largest absolute Gasteiger partial charge is 0.354 e. The summed E-state index contributed by atoms with van der Waals surface area (Å²) in [5, 5.41) is 14.0. The topological polar surface area (TPSA) is 99.8 Å². The lowest BCUT2D eigenvalue weighted by Gasteiger charge is -2.27. The Morgan fingerprint density at radius 2 is 1.93 bits per heavy atom. The molecular formula is C19H27N5O2S2. The van der Waals surface area contributed by atoms with E-state index in [2.05, 4.69) is 38.0 Å². The van der Waals surface area contributed by atoms with Crippen LogP contribution in [-0.4, -0.2) is 46.0 Å². The summed E-state index contributed by atoms with van der Waals surface area (Å²) in [4.78, 5) is 8.31. The van der Waals surface area contributed by atoms with E-state index in [1.54, 1.807) is 30.5 Å². The van der Waals surface area contributed by atoms with Gasteiger partial charge < -0.3 is 10.6 Å². The molecule has 28 heavy (non-hydrogen) atoms. The third-order valence-electron chi connectivity index (χ3n) is 4.85. The highest BCUT2D eigenvalue weighted by Gasteiger charge is 2.24. The lowest BCUT2D eigenvalue weighted by atomic mass is 10.2. The van der Waals surface area contributed by atoms with Crippen molar-refractivity contribution < 1.29 is 8.42 Å². The zero-order chi connectivity index (χ0) is 20.0. The van der Waals surface area contributed by atoms with E-state index in [1.165, 1.54) is 29.9 Å². The molecule has 1 aromatic heterocycles. The molecule has 4 N–H and O–H groups in total. The van der Waals surface area contributed by atoms with Gasteiger partial charge in [-0.05, 0) is 55.1 Å². The SMILES string of the molecule is CN=C(NCc1ccc(S(N)(=O)=O)cc1)NCC(c1cccs1)N1CCCC1. The zero-order valence-corrected chi connectivity index (χ0v) is 17.6. The van der Waals surface area contributed by atoms with Gasteiger partial charge in [0.1, 0.15) is 0 Å². The Morgan fingerprint density at radius 1 is 1.21 bits per heavy atom. The zero-order valence-electron chi connectivity index (χ0n) is 16.0. The van der Waals surface area contributed by atoms with Crippen molar-refractivity contribution in [3.8, 4) is 0 Å². The number of benzene rings is 1. The normalized spacial score (nSPS) is 16.9. The number of sulfonamides is 1. The van der Waals surface area contributed by atoms with Gasteiger partial charge in [-0.25, -0.2) is 13.6 Å². The average molecular weight is 422 g/mol. The number of rotatable bonds is 7. The summed E-state index contributed by atoms with van der Waals surface area (Å²) in [6, 6.07) is 11.2. The molecule has 2 aromatic rings. The van der Waals surface area contributed by atoms with Crippen LogP contribution in [0.2, 0.25) is 0 Å². The summed E-state index contributed by atoms with van der Waals surface area (Å²) < 4.78 is 22.7. The third kappa shape index (κ3) is 5.54. The van der Waals surface area contributed by atoms with Crippen LogP contribution in [0.25, 0.3) is 0 Å². The molecule has 7 nitrogen and oxygen atoms in total. The van der Waals surface area contributed by atoms with Crippen LogP contribution < -0.4 is 15.8 Å². The lowest BCUT2D eigenvalue weighted by Crippen LogP contribution is -2.42. The Labute approximate surface area is 170 Å². The van der Waals surface area contributed by atoms with E-state index in [4.69, 9.17) is 5.14 Å². The van der Waals surface area contributed by atoms with Crippen molar-refractivity contribution >= 4 is 27.3 Å². The Bertz CT molecular complexity index is 874. The summed E-state index contributed by atoms with van der Waals surface area (Å²) in [5.41, 5.74) is 0.949. The van der Waals surface area contributed by atoms with Crippen LogP contribution in [0, 0.1) is 0 Å². The third-order valence-corrected chi connectivity index (χ3v) is 6.75. The van der Waals surface area contributed by atoms with Crippen molar-refractivity contribution in [2.24, 2.45) is 10.1 Å². The standard InChI is InChI=1S/C19H27N5O2S2/c1-21-19(22-13-15-6-8-16(9-7-15)28(20,25)26)23-14-17(18-5-4-12-27-18)24-10-2-3-11-24/h4-9,12,17H,2-3,10-11,13-14H2,1H3,(H2,20,25,26)(H2,21,22,23).